The number of ketones is 1. The van der Waals surface area contributed by atoms with Crippen molar-refractivity contribution in [2.75, 3.05) is 0 Å². The van der Waals surface area contributed by atoms with E-state index in [-0.39, 0.29) is 5.78 Å². The van der Waals surface area contributed by atoms with Gasteiger partial charge in [-0.15, -0.1) is 0 Å². The quantitative estimate of drug-likeness (QED) is 0.591. The molecule has 1 aromatic heterocycles. The maximum Gasteiger partial charge on any atom is 0.194 e. The van der Waals surface area contributed by atoms with Gasteiger partial charge in [-0.25, -0.2) is 0 Å². The lowest BCUT2D eigenvalue weighted by atomic mass is 10.1. The Kier molecular flexibility index (Phi) is 3.92. The molecule has 3 aromatic rings. The van der Waals surface area contributed by atoms with Gasteiger partial charge in [-0.1, -0.05) is 48.5 Å². The number of hydrogen-bond donors (Lipinski definition) is 0. The second-order valence-corrected chi connectivity index (χ2v) is 3.88. The number of Topliss-reactive ketones (excluding diaryl/α,β-unsaturated/α-hetero) is 1. The van der Waals surface area contributed by atoms with Crippen LogP contribution < -0.4 is 0 Å². The fourth-order valence-electron chi connectivity index (χ4n) is 1.61. The lowest BCUT2D eigenvalue weighted by Crippen LogP contribution is -1.85. The Morgan fingerprint density at radius 1 is 0.833 bits per heavy atom. The summed E-state index contributed by atoms with van der Waals surface area (Å²) in [5, 5.41) is 2.62. The first-order chi connectivity index (χ1) is 8.77. The second-order valence-electron chi connectivity index (χ2n) is 3.88. The van der Waals surface area contributed by atoms with E-state index in [9.17, 15) is 4.79 Å². The van der Waals surface area contributed by atoms with Gasteiger partial charge in [-0.2, -0.15) is 0 Å². The lowest BCUT2D eigenvalue weighted by Gasteiger charge is -1.92. The van der Waals surface area contributed by atoms with E-state index in [4.69, 9.17) is 4.42 Å². The zero-order valence-corrected chi connectivity index (χ0v) is 10.2. The summed E-state index contributed by atoms with van der Waals surface area (Å²) in [6, 6.07) is 20.0. The van der Waals surface area contributed by atoms with Crippen LogP contribution in [0, 0.1) is 0 Å². The summed E-state index contributed by atoms with van der Waals surface area (Å²) >= 11 is 0. The molecule has 0 aliphatic heterocycles. The predicted octanol–water partition coefficient (Wildman–Crippen LogP) is 4.32. The van der Waals surface area contributed by atoms with E-state index in [0.29, 0.717) is 5.76 Å². The number of fused-ring (bicyclic) bond motifs is 1. The molecule has 1 heterocycles. The number of rotatable bonds is 1. The van der Waals surface area contributed by atoms with Crippen molar-refractivity contribution in [1.82, 2.24) is 0 Å². The minimum Gasteiger partial charge on any atom is -0.461 e. The van der Waals surface area contributed by atoms with Gasteiger partial charge in [0.05, 0.1) is 6.26 Å². The largest absolute Gasteiger partial charge is 0.461 e. The molecular formula is C16H14O2. The van der Waals surface area contributed by atoms with Crippen LogP contribution in [0.15, 0.2) is 71.3 Å². The molecule has 0 saturated heterocycles. The van der Waals surface area contributed by atoms with Gasteiger partial charge in [-0.05, 0) is 22.9 Å². The van der Waals surface area contributed by atoms with Crippen molar-refractivity contribution in [3.8, 4) is 0 Å². The van der Waals surface area contributed by atoms with E-state index in [1.165, 1.54) is 24.0 Å². The maximum absolute atomic E-state index is 10.4. The van der Waals surface area contributed by atoms with Crippen molar-refractivity contribution in [3.63, 3.8) is 0 Å². The van der Waals surface area contributed by atoms with Gasteiger partial charge in [0.2, 0.25) is 0 Å². The molecule has 0 amide bonds. The number of hydrogen-bond acceptors (Lipinski definition) is 2. The third-order valence-corrected chi connectivity index (χ3v) is 2.53. The minimum absolute atomic E-state index is 0.0324. The third-order valence-electron chi connectivity index (χ3n) is 2.53. The smallest absolute Gasteiger partial charge is 0.194 e. The topological polar surface area (TPSA) is 30.2 Å². The van der Waals surface area contributed by atoms with Crippen LogP contribution in [0.1, 0.15) is 17.5 Å². The molecule has 18 heavy (non-hydrogen) atoms. The van der Waals surface area contributed by atoms with Crippen molar-refractivity contribution < 1.29 is 9.21 Å². The zero-order valence-electron chi connectivity index (χ0n) is 10.2. The first-order valence-corrected chi connectivity index (χ1v) is 5.75. The minimum atomic E-state index is -0.0324. The van der Waals surface area contributed by atoms with Gasteiger partial charge in [0.1, 0.15) is 0 Å². The highest BCUT2D eigenvalue weighted by Gasteiger charge is 1.97. The number of benzene rings is 2. The van der Waals surface area contributed by atoms with Crippen LogP contribution in [-0.4, -0.2) is 5.78 Å². The molecule has 2 aromatic carbocycles. The summed E-state index contributed by atoms with van der Waals surface area (Å²) in [5.41, 5.74) is 0. The molecule has 90 valence electrons. The Morgan fingerprint density at radius 2 is 1.33 bits per heavy atom. The Labute approximate surface area is 106 Å². The molecule has 0 spiro atoms. The van der Waals surface area contributed by atoms with Crippen LogP contribution in [0.3, 0.4) is 0 Å². The summed E-state index contributed by atoms with van der Waals surface area (Å²) in [6.07, 6.45) is 1.48. The van der Waals surface area contributed by atoms with Gasteiger partial charge in [0.15, 0.2) is 11.5 Å². The van der Waals surface area contributed by atoms with Crippen molar-refractivity contribution in [1.29, 1.82) is 0 Å². The maximum atomic E-state index is 10.4. The summed E-state index contributed by atoms with van der Waals surface area (Å²) in [7, 11) is 0. The predicted molar refractivity (Wildman–Crippen MR) is 72.7 cm³/mol. The average Bonchev–Trinajstić information content (AvgIpc) is 2.94. The van der Waals surface area contributed by atoms with E-state index < -0.39 is 0 Å². The third kappa shape index (κ3) is 3.08. The Hall–Kier alpha value is -2.35. The summed E-state index contributed by atoms with van der Waals surface area (Å²) < 4.78 is 4.75. The molecule has 0 radical (unpaired) electrons. The molecule has 0 saturated carbocycles. The highest BCUT2D eigenvalue weighted by atomic mass is 16.3. The second kappa shape index (κ2) is 5.82. The van der Waals surface area contributed by atoms with Crippen molar-refractivity contribution in [2.24, 2.45) is 0 Å². The molecule has 0 aliphatic carbocycles. The summed E-state index contributed by atoms with van der Waals surface area (Å²) in [4.78, 5) is 10.4. The Balaban J connectivity index is 0.000000138. The molecule has 0 aliphatic rings. The molecule has 2 heteroatoms. The molecular weight excluding hydrogens is 224 g/mol. The van der Waals surface area contributed by atoms with E-state index in [0.717, 1.165) is 0 Å². The van der Waals surface area contributed by atoms with Crippen molar-refractivity contribution >= 4 is 16.6 Å². The van der Waals surface area contributed by atoms with E-state index in [2.05, 4.69) is 48.5 Å². The first-order valence-electron chi connectivity index (χ1n) is 5.75. The summed E-state index contributed by atoms with van der Waals surface area (Å²) in [6.45, 7) is 1.47. The Bertz CT molecular complexity index is 559. The first kappa shape index (κ1) is 12.1. The number of furan rings is 1. The molecule has 0 bridgehead atoms. The van der Waals surface area contributed by atoms with Gasteiger partial charge in [-0.3, -0.25) is 4.79 Å². The lowest BCUT2D eigenvalue weighted by molar-refractivity contribution is 0.0987. The van der Waals surface area contributed by atoms with Crippen LogP contribution in [0.5, 0.6) is 0 Å². The van der Waals surface area contributed by atoms with Gasteiger partial charge >= 0.3 is 0 Å². The Morgan fingerprint density at radius 3 is 1.61 bits per heavy atom. The molecule has 0 atom stereocenters. The molecule has 0 fully saturated rings. The van der Waals surface area contributed by atoms with E-state index >= 15 is 0 Å². The highest BCUT2D eigenvalue weighted by molar-refractivity contribution is 5.91. The SMILES string of the molecule is CC(=O)c1ccco1.c1ccc2ccccc2c1. The van der Waals surface area contributed by atoms with Crippen LogP contribution in [0.25, 0.3) is 10.8 Å². The molecule has 2 nitrogen and oxygen atoms in total. The van der Waals surface area contributed by atoms with E-state index in [1.54, 1.807) is 12.1 Å². The van der Waals surface area contributed by atoms with E-state index in [1.807, 2.05) is 0 Å². The highest BCUT2D eigenvalue weighted by Crippen LogP contribution is 2.11. The van der Waals surface area contributed by atoms with Crippen LogP contribution >= 0.6 is 0 Å². The fraction of sp³-hybridized carbons (Fsp3) is 0.0625. The van der Waals surface area contributed by atoms with Crippen LogP contribution in [0.2, 0.25) is 0 Å². The number of carbonyl (C=O) groups is 1. The van der Waals surface area contributed by atoms with Crippen molar-refractivity contribution in [3.05, 3.63) is 72.7 Å². The van der Waals surface area contributed by atoms with Crippen molar-refractivity contribution in [2.45, 2.75) is 6.92 Å². The number of carbonyl (C=O) groups excluding carboxylic acids is 1. The molecule has 0 N–H and O–H groups in total. The molecule has 0 unspecified atom stereocenters. The zero-order chi connectivity index (χ0) is 12.8. The van der Waals surface area contributed by atoms with Gasteiger partial charge in [0, 0.05) is 6.92 Å². The standard InChI is InChI=1S/C10H8.C6H6O2/c1-2-6-10-8-4-3-7-9(10)5-1;1-5(7)6-3-2-4-8-6/h1-8H;2-4H,1H3. The fourth-order valence-corrected chi connectivity index (χ4v) is 1.61. The van der Waals surface area contributed by atoms with Gasteiger partial charge in [0.25, 0.3) is 0 Å². The van der Waals surface area contributed by atoms with Crippen LogP contribution in [-0.2, 0) is 0 Å². The monoisotopic (exact) mass is 238 g/mol. The average molecular weight is 238 g/mol. The van der Waals surface area contributed by atoms with Crippen LogP contribution in [0.4, 0.5) is 0 Å². The van der Waals surface area contributed by atoms with Gasteiger partial charge < -0.3 is 4.42 Å². The molecule has 3 rings (SSSR count). The normalized spacial score (nSPS) is 9.61. The summed E-state index contributed by atoms with van der Waals surface area (Å²) in [5.74, 6) is 0.389.